The number of nitrogens with zero attached hydrogens (tertiary/aromatic N) is 1. The van der Waals surface area contributed by atoms with Crippen molar-refractivity contribution in [2.75, 3.05) is 11.9 Å². The summed E-state index contributed by atoms with van der Waals surface area (Å²) in [5.74, 6) is -0.169. The lowest BCUT2D eigenvalue weighted by molar-refractivity contribution is -0.121. The second-order valence-corrected chi connectivity index (χ2v) is 6.42. The van der Waals surface area contributed by atoms with E-state index in [4.69, 9.17) is 4.74 Å². The number of ether oxygens (including phenoxy) is 1. The lowest BCUT2D eigenvalue weighted by Crippen LogP contribution is -2.18. The van der Waals surface area contributed by atoms with E-state index in [9.17, 15) is 4.79 Å². The number of carbonyl (C=O) groups excluding carboxylic acids is 1. The van der Waals surface area contributed by atoms with Crippen molar-refractivity contribution in [2.45, 2.75) is 13.5 Å². The molecule has 2 aromatic carbocycles. The number of carbonyl (C=O) groups is 1. The zero-order valence-electron chi connectivity index (χ0n) is 13.4. The normalized spacial score (nSPS) is 10.5. The van der Waals surface area contributed by atoms with Crippen LogP contribution in [0, 0.1) is 6.92 Å². The molecule has 0 bridgehead atoms. The summed E-state index contributed by atoms with van der Waals surface area (Å²) in [6.45, 7) is 2.42. The zero-order chi connectivity index (χ0) is 16.8. The molecule has 122 valence electrons. The third kappa shape index (κ3) is 4.50. The number of nitrogens with one attached hydrogen (secondary N) is 1. The molecule has 1 N–H and O–H groups in total. The van der Waals surface area contributed by atoms with Gasteiger partial charge in [-0.05, 0) is 24.6 Å². The van der Waals surface area contributed by atoms with Crippen molar-refractivity contribution in [3.05, 3.63) is 70.5 Å². The Morgan fingerprint density at radius 3 is 2.75 bits per heavy atom. The topological polar surface area (TPSA) is 51.2 Å². The van der Waals surface area contributed by atoms with Gasteiger partial charge >= 0.3 is 0 Å². The molecule has 0 saturated heterocycles. The minimum Gasteiger partial charge on any atom is -0.367 e. The number of hydrogen-bond donors (Lipinski definition) is 1. The Morgan fingerprint density at radius 2 is 2.00 bits per heavy atom. The molecule has 1 aromatic heterocycles. The van der Waals surface area contributed by atoms with E-state index in [1.807, 2.05) is 66.9 Å². The molecule has 0 radical (unpaired) electrons. The number of anilines is 1. The monoisotopic (exact) mass is 338 g/mol. The van der Waals surface area contributed by atoms with Gasteiger partial charge in [-0.1, -0.05) is 42.5 Å². The van der Waals surface area contributed by atoms with Gasteiger partial charge in [-0.15, -0.1) is 11.3 Å². The highest BCUT2D eigenvalue weighted by Crippen LogP contribution is 2.24. The highest BCUT2D eigenvalue weighted by molar-refractivity contribution is 7.09. The predicted octanol–water partition coefficient (Wildman–Crippen LogP) is 4.27. The fourth-order valence-corrected chi connectivity index (χ4v) is 2.91. The number of hydrogen-bond acceptors (Lipinski definition) is 4. The van der Waals surface area contributed by atoms with E-state index in [0.29, 0.717) is 6.61 Å². The SMILES string of the molecule is Cc1nc(-c2cccc(NC(=O)COCc3ccccc3)c2)cs1. The van der Waals surface area contributed by atoms with E-state index in [2.05, 4.69) is 10.3 Å². The van der Waals surface area contributed by atoms with Crippen LogP contribution in [0.15, 0.2) is 60.0 Å². The van der Waals surface area contributed by atoms with Gasteiger partial charge in [-0.2, -0.15) is 0 Å². The first-order chi connectivity index (χ1) is 11.7. The predicted molar refractivity (Wildman–Crippen MR) is 97.0 cm³/mol. The molecule has 0 unspecified atom stereocenters. The fourth-order valence-electron chi connectivity index (χ4n) is 2.29. The summed E-state index contributed by atoms with van der Waals surface area (Å²) in [6, 6.07) is 17.5. The van der Waals surface area contributed by atoms with Crippen LogP contribution in [0.5, 0.6) is 0 Å². The van der Waals surface area contributed by atoms with E-state index in [-0.39, 0.29) is 12.5 Å². The van der Waals surface area contributed by atoms with E-state index < -0.39 is 0 Å². The van der Waals surface area contributed by atoms with E-state index >= 15 is 0 Å². The van der Waals surface area contributed by atoms with Gasteiger partial charge < -0.3 is 10.1 Å². The van der Waals surface area contributed by atoms with Crippen LogP contribution in [-0.4, -0.2) is 17.5 Å². The molecule has 0 fully saturated rings. The molecule has 0 saturated carbocycles. The number of amides is 1. The molecule has 1 heterocycles. The lowest BCUT2D eigenvalue weighted by atomic mass is 10.1. The number of benzene rings is 2. The second-order valence-electron chi connectivity index (χ2n) is 5.36. The Hall–Kier alpha value is -2.50. The standard InChI is InChI=1S/C19H18N2O2S/c1-14-20-18(13-24-14)16-8-5-9-17(10-16)21-19(22)12-23-11-15-6-3-2-4-7-15/h2-10,13H,11-12H2,1H3,(H,21,22). The minimum absolute atomic E-state index is 0.0227. The van der Waals surface area contributed by atoms with Crippen LogP contribution >= 0.6 is 11.3 Å². The van der Waals surface area contributed by atoms with Gasteiger partial charge in [-0.25, -0.2) is 4.98 Å². The highest BCUT2D eigenvalue weighted by atomic mass is 32.1. The molecule has 3 rings (SSSR count). The molecule has 5 heteroatoms. The van der Waals surface area contributed by atoms with E-state index in [1.54, 1.807) is 11.3 Å². The molecule has 3 aromatic rings. The minimum atomic E-state index is -0.169. The first kappa shape index (κ1) is 16.4. The summed E-state index contributed by atoms with van der Waals surface area (Å²) >= 11 is 1.61. The van der Waals surface area contributed by atoms with Crippen LogP contribution in [0.2, 0.25) is 0 Å². The van der Waals surface area contributed by atoms with Gasteiger partial charge in [0.25, 0.3) is 0 Å². The Labute approximate surface area is 145 Å². The lowest BCUT2D eigenvalue weighted by Gasteiger charge is -2.07. The van der Waals surface area contributed by atoms with Crippen molar-refractivity contribution in [2.24, 2.45) is 0 Å². The summed E-state index contributed by atoms with van der Waals surface area (Å²) in [5.41, 5.74) is 3.70. The Kier molecular flexibility index (Phi) is 5.36. The molecular weight excluding hydrogens is 320 g/mol. The summed E-state index contributed by atoms with van der Waals surface area (Å²) in [4.78, 5) is 16.5. The summed E-state index contributed by atoms with van der Waals surface area (Å²) in [7, 11) is 0. The first-order valence-electron chi connectivity index (χ1n) is 7.65. The van der Waals surface area contributed by atoms with Gasteiger partial charge in [0.15, 0.2) is 0 Å². The van der Waals surface area contributed by atoms with Crippen molar-refractivity contribution >= 4 is 22.9 Å². The molecule has 0 aliphatic carbocycles. The van der Waals surface area contributed by atoms with Gasteiger partial charge in [-0.3, -0.25) is 4.79 Å². The number of thiazole rings is 1. The zero-order valence-corrected chi connectivity index (χ0v) is 14.2. The maximum Gasteiger partial charge on any atom is 0.250 e. The summed E-state index contributed by atoms with van der Waals surface area (Å²) in [5, 5.41) is 5.89. The number of aromatic nitrogens is 1. The summed E-state index contributed by atoms with van der Waals surface area (Å²) < 4.78 is 5.45. The van der Waals surface area contributed by atoms with Gasteiger partial charge in [0, 0.05) is 16.6 Å². The van der Waals surface area contributed by atoms with Crippen LogP contribution in [0.3, 0.4) is 0 Å². The Morgan fingerprint density at radius 1 is 1.17 bits per heavy atom. The Bertz CT molecular complexity index is 815. The van der Waals surface area contributed by atoms with Crippen molar-refractivity contribution < 1.29 is 9.53 Å². The Balaban J connectivity index is 1.54. The average Bonchev–Trinajstić information content (AvgIpc) is 3.03. The van der Waals surface area contributed by atoms with E-state index in [0.717, 1.165) is 27.5 Å². The van der Waals surface area contributed by atoms with Crippen molar-refractivity contribution in [3.63, 3.8) is 0 Å². The molecule has 0 spiro atoms. The van der Waals surface area contributed by atoms with Crippen LogP contribution in [-0.2, 0) is 16.1 Å². The molecule has 24 heavy (non-hydrogen) atoms. The van der Waals surface area contributed by atoms with Gasteiger partial charge in [0.1, 0.15) is 6.61 Å². The third-order valence-electron chi connectivity index (χ3n) is 3.41. The smallest absolute Gasteiger partial charge is 0.250 e. The fraction of sp³-hybridized carbons (Fsp3) is 0.158. The third-order valence-corrected chi connectivity index (χ3v) is 4.18. The van der Waals surface area contributed by atoms with Gasteiger partial charge in [0.05, 0.1) is 17.3 Å². The quantitative estimate of drug-likeness (QED) is 0.730. The first-order valence-corrected chi connectivity index (χ1v) is 8.53. The molecule has 0 atom stereocenters. The number of aryl methyl sites for hydroxylation is 1. The largest absolute Gasteiger partial charge is 0.367 e. The van der Waals surface area contributed by atoms with Crippen LogP contribution < -0.4 is 5.32 Å². The molecular formula is C19H18N2O2S. The maximum atomic E-state index is 12.0. The van der Waals surface area contributed by atoms with E-state index in [1.165, 1.54) is 0 Å². The van der Waals surface area contributed by atoms with Crippen molar-refractivity contribution in [1.82, 2.24) is 4.98 Å². The van der Waals surface area contributed by atoms with Gasteiger partial charge in [0.2, 0.25) is 5.91 Å². The van der Waals surface area contributed by atoms with Crippen LogP contribution in [0.25, 0.3) is 11.3 Å². The van der Waals surface area contributed by atoms with Crippen molar-refractivity contribution in [3.8, 4) is 11.3 Å². The van der Waals surface area contributed by atoms with Crippen molar-refractivity contribution in [1.29, 1.82) is 0 Å². The second kappa shape index (κ2) is 7.86. The molecule has 1 amide bonds. The van der Waals surface area contributed by atoms with Crippen LogP contribution in [0.4, 0.5) is 5.69 Å². The maximum absolute atomic E-state index is 12.0. The number of rotatable bonds is 6. The molecule has 4 nitrogen and oxygen atoms in total. The van der Waals surface area contributed by atoms with Crippen LogP contribution in [0.1, 0.15) is 10.6 Å². The average molecular weight is 338 g/mol. The molecule has 0 aliphatic heterocycles. The summed E-state index contributed by atoms with van der Waals surface area (Å²) in [6.07, 6.45) is 0. The highest BCUT2D eigenvalue weighted by Gasteiger charge is 2.06. The molecule has 0 aliphatic rings.